The fourth-order valence-corrected chi connectivity index (χ4v) is 2.44. The first kappa shape index (κ1) is 19.9. The molecular weight excluding hydrogens is 336 g/mol. The smallest absolute Gasteiger partial charge is 0.407 e. The van der Waals surface area contributed by atoms with Gasteiger partial charge in [-0.2, -0.15) is 0 Å². The van der Waals surface area contributed by atoms with E-state index >= 15 is 0 Å². The summed E-state index contributed by atoms with van der Waals surface area (Å²) >= 11 is 0. The van der Waals surface area contributed by atoms with E-state index in [0.717, 1.165) is 0 Å². The van der Waals surface area contributed by atoms with Gasteiger partial charge in [-0.25, -0.2) is 4.79 Å². The maximum atomic E-state index is 11.5. The van der Waals surface area contributed by atoms with Crippen molar-refractivity contribution in [2.24, 2.45) is 0 Å². The summed E-state index contributed by atoms with van der Waals surface area (Å²) in [7, 11) is -1.17. The monoisotopic (exact) mass is 358 g/mol. The Hall–Kier alpha value is -2.16. The van der Waals surface area contributed by atoms with Crippen LogP contribution in [0, 0.1) is 10.1 Å². The topological polar surface area (TPSA) is 108 Å². The van der Waals surface area contributed by atoms with Gasteiger partial charge in [-0.05, 0) is 26.8 Å². The van der Waals surface area contributed by atoms with Crippen molar-refractivity contribution in [1.82, 2.24) is 5.32 Å². The quantitative estimate of drug-likeness (QED) is 0.455. The Morgan fingerprint density at radius 1 is 1.38 bits per heavy atom. The molecule has 1 N–H and O–H groups in total. The van der Waals surface area contributed by atoms with Gasteiger partial charge in [-0.15, -0.1) is 0 Å². The minimum Gasteiger partial charge on any atom is -0.491 e. The zero-order valence-corrected chi connectivity index (χ0v) is 15.0. The summed E-state index contributed by atoms with van der Waals surface area (Å²) in [6, 6.07) is 4.13. The number of carbonyl (C=O) groups is 1. The van der Waals surface area contributed by atoms with E-state index in [-0.39, 0.29) is 24.6 Å². The Morgan fingerprint density at radius 3 is 2.58 bits per heavy atom. The third-order valence-corrected chi connectivity index (χ3v) is 3.36. The van der Waals surface area contributed by atoms with Crippen LogP contribution in [0.5, 0.6) is 5.75 Å². The molecule has 24 heavy (non-hydrogen) atoms. The molecule has 1 rings (SSSR count). The molecule has 0 heterocycles. The van der Waals surface area contributed by atoms with Gasteiger partial charge in [0.2, 0.25) is 0 Å². The normalized spacial score (nSPS) is 12.3. The van der Waals surface area contributed by atoms with E-state index in [4.69, 9.17) is 9.47 Å². The first-order valence-corrected chi connectivity index (χ1v) is 8.98. The van der Waals surface area contributed by atoms with Gasteiger partial charge >= 0.3 is 6.09 Å². The summed E-state index contributed by atoms with van der Waals surface area (Å²) in [6.07, 6.45) is 0.955. The molecule has 0 fully saturated rings. The van der Waals surface area contributed by atoms with Crippen molar-refractivity contribution >= 4 is 22.6 Å². The molecule has 0 saturated heterocycles. The van der Waals surface area contributed by atoms with Crippen LogP contribution in [0.3, 0.4) is 0 Å². The number of hydrogen-bond donors (Lipinski definition) is 1. The summed E-state index contributed by atoms with van der Waals surface area (Å²) in [5.74, 6) is 0.554. The highest BCUT2D eigenvalue weighted by atomic mass is 32.2. The van der Waals surface area contributed by atoms with Crippen molar-refractivity contribution in [2.75, 3.05) is 19.4 Å². The summed E-state index contributed by atoms with van der Waals surface area (Å²) in [5, 5.41) is 13.4. The van der Waals surface area contributed by atoms with Gasteiger partial charge in [-0.1, -0.05) is 0 Å². The Labute approximate surface area is 143 Å². The minimum atomic E-state index is -1.17. The van der Waals surface area contributed by atoms with Crippen LogP contribution in [0.4, 0.5) is 10.5 Å². The van der Waals surface area contributed by atoms with E-state index < -0.39 is 27.4 Å². The lowest BCUT2D eigenvalue weighted by atomic mass is 10.2. The minimum absolute atomic E-state index is 0.0883. The van der Waals surface area contributed by atoms with Gasteiger partial charge in [0.1, 0.15) is 18.0 Å². The molecule has 0 aliphatic heterocycles. The van der Waals surface area contributed by atoms with E-state index in [1.165, 1.54) is 24.5 Å². The predicted octanol–water partition coefficient (Wildman–Crippen LogP) is 2.38. The van der Waals surface area contributed by atoms with Gasteiger partial charge in [0.25, 0.3) is 5.69 Å². The van der Waals surface area contributed by atoms with Crippen LogP contribution in [0.2, 0.25) is 0 Å². The summed E-state index contributed by atoms with van der Waals surface area (Å²) < 4.78 is 22.0. The molecule has 0 bridgehead atoms. The average Bonchev–Trinajstić information content (AvgIpc) is 2.42. The predicted molar refractivity (Wildman–Crippen MR) is 90.6 cm³/mol. The van der Waals surface area contributed by atoms with Gasteiger partial charge in [0, 0.05) is 34.8 Å². The number of carbonyl (C=O) groups excluding carboxylic acids is 1. The number of non-ortho nitro benzene ring substituents is 1. The van der Waals surface area contributed by atoms with Crippen LogP contribution in [0.25, 0.3) is 0 Å². The third-order valence-electron chi connectivity index (χ3n) is 2.64. The number of rotatable bonds is 7. The first-order valence-electron chi connectivity index (χ1n) is 7.25. The van der Waals surface area contributed by atoms with Crippen LogP contribution in [-0.2, 0) is 21.3 Å². The van der Waals surface area contributed by atoms with E-state index in [0.29, 0.717) is 11.3 Å². The number of nitrogens with zero attached hydrogens (tertiary/aromatic N) is 1. The molecule has 9 heteroatoms. The largest absolute Gasteiger partial charge is 0.491 e. The van der Waals surface area contributed by atoms with Gasteiger partial charge in [-0.3, -0.25) is 14.3 Å². The highest BCUT2D eigenvalue weighted by Gasteiger charge is 2.16. The van der Waals surface area contributed by atoms with Crippen molar-refractivity contribution in [2.45, 2.75) is 32.1 Å². The molecule has 0 spiro atoms. The molecule has 0 aromatic heterocycles. The number of amides is 1. The van der Waals surface area contributed by atoms with Crippen LogP contribution in [0.15, 0.2) is 18.2 Å². The van der Waals surface area contributed by atoms with Crippen LogP contribution in [-0.4, -0.2) is 40.2 Å². The van der Waals surface area contributed by atoms with E-state index in [9.17, 15) is 19.1 Å². The maximum absolute atomic E-state index is 11.5. The number of nitro groups is 1. The molecule has 1 unspecified atom stereocenters. The number of hydrogen-bond acceptors (Lipinski definition) is 6. The number of ether oxygens (including phenoxy) is 2. The Balaban J connectivity index is 2.62. The van der Waals surface area contributed by atoms with E-state index in [1.807, 2.05) is 0 Å². The average molecular weight is 358 g/mol. The Morgan fingerprint density at radius 2 is 2.04 bits per heavy atom. The molecule has 1 aromatic carbocycles. The lowest BCUT2D eigenvalue weighted by molar-refractivity contribution is -0.384. The van der Waals surface area contributed by atoms with Crippen molar-refractivity contribution in [3.63, 3.8) is 0 Å². The first-order chi connectivity index (χ1) is 11.1. The summed E-state index contributed by atoms with van der Waals surface area (Å²) in [6.45, 7) is 5.65. The molecule has 1 aromatic rings. The lowest BCUT2D eigenvalue weighted by Gasteiger charge is -2.19. The van der Waals surface area contributed by atoms with Crippen molar-refractivity contribution in [1.29, 1.82) is 0 Å². The second-order valence-electron chi connectivity index (χ2n) is 6.04. The standard InChI is InChI=1S/C15H22N2O6S/c1-15(2,3)23-14(18)16-7-8-22-13-6-5-12(17(19)20)9-11(13)10-24(4)21/h5-6,9H,7-8,10H2,1-4H3,(H,16,18). The zero-order chi connectivity index (χ0) is 18.3. The fourth-order valence-electron chi connectivity index (χ4n) is 1.78. The summed E-state index contributed by atoms with van der Waals surface area (Å²) in [5.41, 5.74) is -0.182. The molecule has 0 aliphatic carbocycles. The molecule has 0 aliphatic rings. The molecular formula is C15H22N2O6S. The Bertz CT molecular complexity index is 627. The highest BCUT2D eigenvalue weighted by Crippen LogP contribution is 2.25. The summed E-state index contributed by atoms with van der Waals surface area (Å²) in [4.78, 5) is 21.8. The molecule has 1 atom stereocenters. The fraction of sp³-hybridized carbons (Fsp3) is 0.533. The molecule has 1 amide bonds. The van der Waals surface area contributed by atoms with Gasteiger partial charge in [0.05, 0.1) is 17.2 Å². The van der Waals surface area contributed by atoms with Crippen molar-refractivity contribution in [3.05, 3.63) is 33.9 Å². The second-order valence-corrected chi connectivity index (χ2v) is 7.48. The molecule has 0 saturated carbocycles. The molecule has 134 valence electrons. The number of nitro benzene ring substituents is 1. The van der Waals surface area contributed by atoms with Crippen LogP contribution < -0.4 is 10.1 Å². The highest BCUT2D eigenvalue weighted by molar-refractivity contribution is 7.83. The van der Waals surface area contributed by atoms with Crippen LogP contribution >= 0.6 is 0 Å². The van der Waals surface area contributed by atoms with Gasteiger partial charge in [0.15, 0.2) is 0 Å². The van der Waals surface area contributed by atoms with Crippen molar-refractivity contribution < 1.29 is 23.4 Å². The maximum Gasteiger partial charge on any atom is 0.407 e. The zero-order valence-electron chi connectivity index (χ0n) is 14.2. The molecule has 0 radical (unpaired) electrons. The van der Waals surface area contributed by atoms with Crippen LogP contribution in [0.1, 0.15) is 26.3 Å². The third kappa shape index (κ3) is 7.40. The van der Waals surface area contributed by atoms with Gasteiger partial charge < -0.3 is 14.8 Å². The molecule has 8 nitrogen and oxygen atoms in total. The lowest BCUT2D eigenvalue weighted by Crippen LogP contribution is -2.34. The number of nitrogens with one attached hydrogen (secondary N) is 1. The SMILES string of the molecule is CS(=O)Cc1cc([N+](=O)[O-])ccc1OCCNC(=O)OC(C)(C)C. The van der Waals surface area contributed by atoms with E-state index in [2.05, 4.69) is 5.32 Å². The Kier molecular flexibility index (Phi) is 7.15. The van der Waals surface area contributed by atoms with E-state index in [1.54, 1.807) is 20.8 Å². The van der Waals surface area contributed by atoms with Crippen molar-refractivity contribution in [3.8, 4) is 5.75 Å². The second kappa shape index (κ2) is 8.62. The number of alkyl carbamates (subject to hydrolysis) is 1. The number of benzene rings is 1.